The van der Waals surface area contributed by atoms with Gasteiger partial charge in [-0.05, 0) is 44.9 Å². The Morgan fingerprint density at radius 3 is 1.29 bits per heavy atom. The Labute approximate surface area is 392 Å². The maximum atomic E-state index is 12.8. The third-order valence-electron chi connectivity index (χ3n) is 12.0. The van der Waals surface area contributed by atoms with Crippen LogP contribution in [0.25, 0.3) is 0 Å². The number of phosphoric ester groups is 1. The largest absolute Gasteiger partial charge is 0.756 e. The number of hydrogen-bond acceptors (Lipinski definition) is 7. The number of ether oxygens (including phenoxy) is 2. The van der Waals surface area contributed by atoms with E-state index in [1.165, 1.54) is 199 Å². The fourth-order valence-electron chi connectivity index (χ4n) is 7.81. The number of nitrogens with zero attached hydrogens (tertiary/aromatic N) is 1. The van der Waals surface area contributed by atoms with Gasteiger partial charge >= 0.3 is 5.97 Å². The summed E-state index contributed by atoms with van der Waals surface area (Å²) in [4.78, 5) is 25.2. The number of phosphoric acid groups is 1. The van der Waals surface area contributed by atoms with Gasteiger partial charge in [0.05, 0.1) is 34.4 Å². The van der Waals surface area contributed by atoms with E-state index in [2.05, 4.69) is 38.2 Å². The molecule has 2 atom stereocenters. The minimum atomic E-state index is -4.53. The molecule has 0 fully saturated rings. The summed E-state index contributed by atoms with van der Waals surface area (Å²) in [7, 11) is 1.37. The number of esters is 1. The standard InChI is InChI=1S/C54H106NO7P/c1-6-8-10-12-14-16-18-20-22-24-26-28-29-31-33-35-37-39-41-43-45-47-54(56)62-53(52-61-63(57,58)60-50-48-55(3,4)5)51-59-49-46-44-42-40-38-36-34-32-30-27-25-23-21-19-17-15-13-11-9-7-2/h18,20,24,26,53H,6-17,19,21-23,25,27-52H2,1-5H3/b20-18-,26-24-. The second kappa shape index (κ2) is 47.5. The molecule has 0 aromatic carbocycles. The molecule has 0 aromatic heterocycles. The first-order chi connectivity index (χ1) is 30.6. The normalized spacial score (nSPS) is 13.7. The molecule has 0 amide bonds. The van der Waals surface area contributed by atoms with Crippen LogP contribution in [-0.2, 0) is 27.9 Å². The van der Waals surface area contributed by atoms with Crippen LogP contribution < -0.4 is 4.89 Å². The van der Waals surface area contributed by atoms with E-state index in [4.69, 9.17) is 18.5 Å². The lowest BCUT2D eigenvalue weighted by atomic mass is 10.0. The van der Waals surface area contributed by atoms with E-state index >= 15 is 0 Å². The van der Waals surface area contributed by atoms with E-state index in [-0.39, 0.29) is 25.8 Å². The zero-order chi connectivity index (χ0) is 46.2. The van der Waals surface area contributed by atoms with Gasteiger partial charge in [0.15, 0.2) is 0 Å². The zero-order valence-electron chi connectivity index (χ0n) is 42.5. The number of quaternary nitrogens is 1. The molecular weight excluding hydrogens is 806 g/mol. The molecule has 0 bridgehead atoms. The fraction of sp³-hybridized carbons (Fsp3) is 0.907. The average molecular weight is 912 g/mol. The van der Waals surface area contributed by atoms with Gasteiger partial charge in [-0.1, -0.05) is 231 Å². The van der Waals surface area contributed by atoms with Gasteiger partial charge in [-0.25, -0.2) is 0 Å². The SMILES string of the molecule is CCCCCCC/C=C\C/C=C\CCCCCCCCCCCC(=O)OC(COCCCCCCCCCCCCCCCCCCCCCC)COP(=O)([O-])OCC[N+](C)(C)C. The number of unbranched alkanes of at least 4 members (excludes halogenated alkanes) is 33. The summed E-state index contributed by atoms with van der Waals surface area (Å²) in [5, 5.41) is 0. The molecule has 0 aliphatic carbocycles. The van der Waals surface area contributed by atoms with Crippen LogP contribution in [-0.4, -0.2) is 70.7 Å². The molecule has 9 heteroatoms. The zero-order valence-corrected chi connectivity index (χ0v) is 43.4. The summed E-state index contributed by atoms with van der Waals surface area (Å²) < 4.78 is 34.8. The van der Waals surface area contributed by atoms with Crippen molar-refractivity contribution in [2.75, 3.05) is 54.1 Å². The maximum Gasteiger partial charge on any atom is 0.306 e. The second-order valence-electron chi connectivity index (χ2n) is 19.6. The van der Waals surface area contributed by atoms with Crippen molar-refractivity contribution in [1.29, 1.82) is 0 Å². The van der Waals surface area contributed by atoms with Gasteiger partial charge in [-0.15, -0.1) is 0 Å². The Bertz CT molecular complexity index is 1060. The number of hydrogen-bond donors (Lipinski definition) is 0. The van der Waals surface area contributed by atoms with Crippen molar-refractivity contribution in [2.45, 2.75) is 264 Å². The summed E-state index contributed by atoms with van der Waals surface area (Å²) >= 11 is 0. The molecule has 0 saturated carbocycles. The van der Waals surface area contributed by atoms with Crippen molar-refractivity contribution < 1.29 is 37.3 Å². The first-order valence-electron chi connectivity index (χ1n) is 27.1. The Hall–Kier alpha value is -1.02. The van der Waals surface area contributed by atoms with Crippen molar-refractivity contribution in [3.63, 3.8) is 0 Å². The topological polar surface area (TPSA) is 94.1 Å². The van der Waals surface area contributed by atoms with Crippen molar-refractivity contribution in [3.05, 3.63) is 24.3 Å². The molecule has 2 unspecified atom stereocenters. The highest BCUT2D eigenvalue weighted by molar-refractivity contribution is 7.45. The lowest BCUT2D eigenvalue weighted by molar-refractivity contribution is -0.870. The fourth-order valence-corrected chi connectivity index (χ4v) is 8.54. The molecule has 0 rings (SSSR count). The second-order valence-corrected chi connectivity index (χ2v) is 21.0. The number of likely N-dealkylation sites (N-methyl/N-ethyl adjacent to an activating group) is 1. The molecule has 0 N–H and O–H groups in total. The lowest BCUT2D eigenvalue weighted by Gasteiger charge is -2.28. The van der Waals surface area contributed by atoms with E-state index in [1.54, 1.807) is 0 Å². The molecule has 0 aliphatic rings. The number of allylic oxidation sites excluding steroid dienone is 4. The Kier molecular flexibility index (Phi) is 46.7. The van der Waals surface area contributed by atoms with Crippen molar-refractivity contribution in [3.8, 4) is 0 Å². The van der Waals surface area contributed by atoms with Crippen LogP contribution in [0.15, 0.2) is 24.3 Å². The summed E-state index contributed by atoms with van der Waals surface area (Å²) in [6.45, 7) is 5.46. The van der Waals surface area contributed by atoms with Crippen molar-refractivity contribution >= 4 is 13.8 Å². The van der Waals surface area contributed by atoms with Crippen LogP contribution in [0, 0.1) is 0 Å². The van der Waals surface area contributed by atoms with Crippen LogP contribution in [0.3, 0.4) is 0 Å². The summed E-state index contributed by atoms with van der Waals surface area (Å²) in [5.74, 6) is -0.333. The molecular formula is C54H106NO7P. The van der Waals surface area contributed by atoms with E-state index in [1.807, 2.05) is 21.1 Å². The first-order valence-corrected chi connectivity index (χ1v) is 28.5. The van der Waals surface area contributed by atoms with E-state index in [0.717, 1.165) is 38.5 Å². The molecule has 0 aliphatic heterocycles. The Morgan fingerprint density at radius 1 is 0.492 bits per heavy atom. The molecule has 8 nitrogen and oxygen atoms in total. The van der Waals surface area contributed by atoms with Gasteiger partial charge in [0.25, 0.3) is 7.82 Å². The molecule has 63 heavy (non-hydrogen) atoms. The number of carbonyl (C=O) groups is 1. The van der Waals surface area contributed by atoms with E-state index < -0.39 is 13.9 Å². The molecule has 0 heterocycles. The van der Waals surface area contributed by atoms with Gasteiger partial charge in [-0.2, -0.15) is 0 Å². The third-order valence-corrected chi connectivity index (χ3v) is 13.0. The van der Waals surface area contributed by atoms with Gasteiger partial charge in [-0.3, -0.25) is 9.36 Å². The highest BCUT2D eigenvalue weighted by Crippen LogP contribution is 2.38. The molecule has 0 saturated heterocycles. The summed E-state index contributed by atoms with van der Waals surface area (Å²) in [6, 6.07) is 0. The highest BCUT2D eigenvalue weighted by atomic mass is 31.2. The van der Waals surface area contributed by atoms with Crippen LogP contribution in [0.2, 0.25) is 0 Å². The highest BCUT2D eigenvalue weighted by Gasteiger charge is 2.20. The predicted molar refractivity (Wildman–Crippen MR) is 268 cm³/mol. The minimum Gasteiger partial charge on any atom is -0.756 e. The van der Waals surface area contributed by atoms with E-state index in [0.29, 0.717) is 24.1 Å². The molecule has 0 radical (unpaired) electrons. The number of rotatable bonds is 51. The maximum absolute atomic E-state index is 12.8. The minimum absolute atomic E-state index is 0.0277. The van der Waals surface area contributed by atoms with Gasteiger partial charge < -0.3 is 27.9 Å². The van der Waals surface area contributed by atoms with Crippen molar-refractivity contribution in [2.24, 2.45) is 0 Å². The van der Waals surface area contributed by atoms with Crippen LogP contribution >= 0.6 is 7.82 Å². The lowest BCUT2D eigenvalue weighted by Crippen LogP contribution is -2.37. The van der Waals surface area contributed by atoms with Crippen LogP contribution in [0.5, 0.6) is 0 Å². The molecule has 0 spiro atoms. The van der Waals surface area contributed by atoms with E-state index in [9.17, 15) is 14.3 Å². The summed E-state index contributed by atoms with van der Waals surface area (Å²) in [6.07, 6.45) is 56.3. The van der Waals surface area contributed by atoms with Crippen molar-refractivity contribution in [1.82, 2.24) is 0 Å². The van der Waals surface area contributed by atoms with Gasteiger partial charge in [0, 0.05) is 13.0 Å². The Morgan fingerprint density at radius 2 is 0.873 bits per heavy atom. The average Bonchev–Trinajstić information content (AvgIpc) is 3.24. The van der Waals surface area contributed by atoms with Gasteiger partial charge in [0.1, 0.15) is 19.3 Å². The molecule has 0 aromatic rings. The smallest absolute Gasteiger partial charge is 0.306 e. The summed E-state index contributed by atoms with van der Waals surface area (Å²) in [5.41, 5.74) is 0. The van der Waals surface area contributed by atoms with Crippen LogP contribution in [0.1, 0.15) is 258 Å². The Balaban J connectivity index is 4.09. The van der Waals surface area contributed by atoms with Crippen LogP contribution in [0.4, 0.5) is 0 Å². The monoisotopic (exact) mass is 912 g/mol. The quantitative estimate of drug-likeness (QED) is 0.0197. The number of carbonyl (C=O) groups excluding carboxylic acids is 1. The molecule has 374 valence electrons. The van der Waals surface area contributed by atoms with Gasteiger partial charge in [0.2, 0.25) is 0 Å². The first kappa shape index (κ1) is 62.0. The predicted octanol–water partition coefficient (Wildman–Crippen LogP) is 16.1. The third kappa shape index (κ3) is 51.8.